The fourth-order valence-electron chi connectivity index (χ4n) is 2.70. The second-order valence-corrected chi connectivity index (χ2v) is 6.60. The van der Waals surface area contributed by atoms with E-state index in [9.17, 15) is 4.79 Å². The highest BCUT2D eigenvalue weighted by molar-refractivity contribution is 8.01. The normalized spacial score (nSPS) is 23.4. The van der Waals surface area contributed by atoms with Crippen LogP contribution in [-0.2, 0) is 16.1 Å². The van der Waals surface area contributed by atoms with Gasteiger partial charge in [-0.3, -0.25) is 4.99 Å². The van der Waals surface area contributed by atoms with Crippen molar-refractivity contribution >= 4 is 23.4 Å². The summed E-state index contributed by atoms with van der Waals surface area (Å²) < 4.78 is 5.37. The molecular weight excluding hydrogens is 296 g/mol. The largest absolute Gasteiger partial charge is 0.456 e. The van der Waals surface area contributed by atoms with Crippen LogP contribution in [-0.4, -0.2) is 36.1 Å². The van der Waals surface area contributed by atoms with Crippen LogP contribution >= 0.6 is 11.8 Å². The lowest BCUT2D eigenvalue weighted by Crippen LogP contribution is -2.30. The van der Waals surface area contributed by atoms with Crippen molar-refractivity contribution in [3.05, 3.63) is 47.0 Å². The Morgan fingerprint density at radius 2 is 2.18 bits per heavy atom. The van der Waals surface area contributed by atoms with Crippen LogP contribution < -0.4 is 0 Å². The minimum absolute atomic E-state index is 0.0745. The number of hydrogen-bond donors (Lipinski definition) is 0. The van der Waals surface area contributed by atoms with Crippen LogP contribution in [0.2, 0.25) is 0 Å². The first-order chi connectivity index (χ1) is 10.6. The van der Waals surface area contributed by atoms with E-state index in [0.717, 1.165) is 12.0 Å². The van der Waals surface area contributed by atoms with Gasteiger partial charge < -0.3 is 9.64 Å². The molecule has 4 nitrogen and oxygen atoms in total. The standard InChI is InChI=1S/C17H19N2O2S/c1-19(2)15-11-22-16-13(15)8-9-14(18-16)17(20)21-10-12-6-4-3-5-7-12/h3-7,13,16H,8-10H2,1-2H3. The number of carbonyl (C=O) groups excluding carboxylic acids is 1. The molecule has 1 aromatic rings. The van der Waals surface area contributed by atoms with Gasteiger partial charge in [-0.2, -0.15) is 0 Å². The minimum Gasteiger partial charge on any atom is -0.456 e. The fourth-order valence-corrected chi connectivity index (χ4v) is 3.89. The van der Waals surface area contributed by atoms with Crippen LogP contribution in [0.4, 0.5) is 0 Å². The van der Waals surface area contributed by atoms with Crippen molar-refractivity contribution in [2.24, 2.45) is 10.9 Å². The molecule has 0 bridgehead atoms. The predicted octanol–water partition coefficient (Wildman–Crippen LogP) is 2.86. The molecule has 3 rings (SSSR count). The third-order valence-corrected chi connectivity index (χ3v) is 4.89. The Balaban J connectivity index is 1.60. The monoisotopic (exact) mass is 315 g/mol. The Bertz CT molecular complexity index is 610. The topological polar surface area (TPSA) is 41.9 Å². The number of fused-ring (bicyclic) bond motifs is 1. The molecule has 2 heterocycles. The highest BCUT2D eigenvalue weighted by atomic mass is 32.2. The number of rotatable bonds is 4. The third-order valence-electron chi connectivity index (χ3n) is 3.89. The summed E-state index contributed by atoms with van der Waals surface area (Å²) in [5.74, 6) is 0.0758. The fraction of sp³-hybridized carbons (Fsp3) is 0.412. The number of thioether (sulfide) groups is 1. The van der Waals surface area contributed by atoms with Gasteiger partial charge in [-0.1, -0.05) is 42.1 Å². The van der Waals surface area contributed by atoms with Crippen LogP contribution in [0.5, 0.6) is 0 Å². The molecule has 115 valence electrons. The second kappa shape index (κ2) is 6.57. The van der Waals surface area contributed by atoms with Crippen LogP contribution in [0, 0.1) is 11.3 Å². The van der Waals surface area contributed by atoms with Crippen molar-refractivity contribution in [1.82, 2.24) is 4.90 Å². The lowest BCUT2D eigenvalue weighted by molar-refractivity contribution is -0.137. The van der Waals surface area contributed by atoms with Gasteiger partial charge in [0.05, 0.1) is 0 Å². The molecule has 2 atom stereocenters. The molecule has 0 fully saturated rings. The molecule has 22 heavy (non-hydrogen) atoms. The number of ether oxygens (including phenoxy) is 1. The summed E-state index contributed by atoms with van der Waals surface area (Å²) in [6, 6.07) is 9.71. The predicted molar refractivity (Wildman–Crippen MR) is 88.2 cm³/mol. The lowest BCUT2D eigenvalue weighted by atomic mass is 9.94. The molecule has 5 heteroatoms. The quantitative estimate of drug-likeness (QED) is 0.801. The summed E-state index contributed by atoms with van der Waals surface area (Å²) in [5.41, 5.74) is 2.74. The van der Waals surface area contributed by atoms with Crippen LogP contribution in [0.25, 0.3) is 0 Å². The summed E-state index contributed by atoms with van der Waals surface area (Å²) in [6.45, 7) is 0.299. The number of carbonyl (C=O) groups is 1. The number of esters is 1. The van der Waals surface area contributed by atoms with Gasteiger partial charge in [0.25, 0.3) is 0 Å². The highest BCUT2D eigenvalue weighted by Crippen LogP contribution is 2.41. The molecule has 0 aromatic heterocycles. The van der Waals surface area contributed by atoms with Crippen molar-refractivity contribution in [3.8, 4) is 0 Å². The molecule has 1 aromatic carbocycles. The van der Waals surface area contributed by atoms with Gasteiger partial charge in [-0.05, 0) is 18.4 Å². The highest BCUT2D eigenvalue weighted by Gasteiger charge is 2.36. The first-order valence-corrected chi connectivity index (χ1v) is 8.26. The van der Waals surface area contributed by atoms with Crippen molar-refractivity contribution in [1.29, 1.82) is 0 Å². The molecule has 2 aliphatic heterocycles. The maximum atomic E-state index is 12.2. The Hall–Kier alpha value is -1.75. The smallest absolute Gasteiger partial charge is 0.352 e. The van der Waals surface area contributed by atoms with Crippen molar-refractivity contribution in [2.75, 3.05) is 14.1 Å². The molecule has 2 unspecified atom stereocenters. The second-order valence-electron chi connectivity index (χ2n) is 5.67. The molecule has 0 saturated carbocycles. The molecule has 0 aliphatic carbocycles. The van der Waals surface area contributed by atoms with E-state index in [4.69, 9.17) is 4.74 Å². The first kappa shape index (κ1) is 15.2. The average Bonchev–Trinajstić information content (AvgIpc) is 2.97. The van der Waals surface area contributed by atoms with E-state index in [1.165, 1.54) is 5.70 Å². The Labute approximate surface area is 135 Å². The molecule has 0 spiro atoms. The van der Waals surface area contributed by atoms with Crippen LogP contribution in [0.15, 0.2) is 41.0 Å². The zero-order valence-corrected chi connectivity index (χ0v) is 13.6. The van der Waals surface area contributed by atoms with E-state index in [-0.39, 0.29) is 11.3 Å². The molecule has 0 saturated heterocycles. The van der Waals surface area contributed by atoms with Crippen LogP contribution in [0.3, 0.4) is 0 Å². The summed E-state index contributed by atoms with van der Waals surface area (Å²) in [6.07, 6.45) is 1.60. The van der Waals surface area contributed by atoms with Gasteiger partial charge in [0, 0.05) is 31.1 Å². The summed E-state index contributed by atoms with van der Waals surface area (Å²) in [5, 5.41) is 3.39. The molecule has 0 N–H and O–H groups in total. The molecule has 2 aliphatic rings. The average molecular weight is 315 g/mol. The van der Waals surface area contributed by atoms with E-state index in [1.807, 2.05) is 44.4 Å². The molecule has 1 radical (unpaired) electrons. The van der Waals surface area contributed by atoms with Gasteiger partial charge in [-0.25, -0.2) is 4.79 Å². The van der Waals surface area contributed by atoms with Gasteiger partial charge in [0.15, 0.2) is 0 Å². The Morgan fingerprint density at radius 3 is 2.91 bits per heavy atom. The maximum Gasteiger partial charge on any atom is 0.352 e. The summed E-state index contributed by atoms with van der Waals surface area (Å²) >= 11 is 1.57. The van der Waals surface area contributed by atoms with E-state index in [2.05, 4.69) is 15.3 Å². The number of nitrogens with zero attached hydrogens (tertiary/aromatic N) is 2. The van der Waals surface area contributed by atoms with Gasteiger partial charge in [-0.15, -0.1) is 0 Å². The van der Waals surface area contributed by atoms with E-state index in [1.54, 1.807) is 11.8 Å². The van der Waals surface area contributed by atoms with Gasteiger partial charge in [0.1, 0.15) is 17.7 Å². The molecular formula is C17H19N2O2S. The maximum absolute atomic E-state index is 12.2. The number of benzene rings is 1. The van der Waals surface area contributed by atoms with E-state index < -0.39 is 0 Å². The lowest BCUT2D eigenvalue weighted by Gasteiger charge is -2.27. The third kappa shape index (κ3) is 3.19. The number of hydrogen-bond acceptors (Lipinski definition) is 5. The summed E-state index contributed by atoms with van der Waals surface area (Å²) in [4.78, 5) is 18.8. The van der Waals surface area contributed by atoms with Crippen molar-refractivity contribution < 1.29 is 9.53 Å². The van der Waals surface area contributed by atoms with Crippen molar-refractivity contribution in [3.63, 3.8) is 0 Å². The summed E-state index contributed by atoms with van der Waals surface area (Å²) in [7, 11) is 4.05. The van der Waals surface area contributed by atoms with E-state index in [0.29, 0.717) is 24.7 Å². The first-order valence-electron chi connectivity index (χ1n) is 7.38. The molecule has 0 amide bonds. The number of aliphatic imine (C=N–C) groups is 1. The van der Waals surface area contributed by atoms with Gasteiger partial charge >= 0.3 is 5.97 Å². The minimum atomic E-state index is -0.291. The van der Waals surface area contributed by atoms with Crippen LogP contribution in [0.1, 0.15) is 18.4 Å². The van der Waals surface area contributed by atoms with E-state index >= 15 is 0 Å². The van der Waals surface area contributed by atoms with Crippen molar-refractivity contribution in [2.45, 2.75) is 24.8 Å². The Kier molecular flexibility index (Phi) is 4.52. The zero-order valence-electron chi connectivity index (χ0n) is 12.8. The zero-order chi connectivity index (χ0) is 15.5. The SMILES string of the molecule is CN(C)C1=[C]SC2N=C(C(=O)OCc3ccccc3)CCC12. The van der Waals surface area contributed by atoms with Gasteiger partial charge in [0.2, 0.25) is 0 Å². The Morgan fingerprint density at radius 1 is 1.41 bits per heavy atom.